The number of amides is 1. The number of aromatic nitrogens is 1. The summed E-state index contributed by atoms with van der Waals surface area (Å²) < 4.78 is 27.3. The number of hydrogen-bond acceptors (Lipinski definition) is 6. The van der Waals surface area contributed by atoms with Crippen molar-refractivity contribution in [3.63, 3.8) is 0 Å². The van der Waals surface area contributed by atoms with Gasteiger partial charge in [-0.05, 0) is 55.3 Å². The second-order valence-corrected chi connectivity index (χ2v) is 10.9. The number of rotatable bonds is 7. The predicted octanol–water partition coefficient (Wildman–Crippen LogP) is 4.86. The summed E-state index contributed by atoms with van der Waals surface area (Å²) in [5.41, 5.74) is 3.83. The molecule has 0 radical (unpaired) electrons. The first-order valence-electron chi connectivity index (χ1n) is 10.0. The van der Waals surface area contributed by atoms with Gasteiger partial charge in [0.25, 0.3) is 5.91 Å². The molecule has 31 heavy (non-hydrogen) atoms. The van der Waals surface area contributed by atoms with Crippen LogP contribution in [0.25, 0.3) is 0 Å². The number of benzene rings is 2. The van der Waals surface area contributed by atoms with Crippen LogP contribution in [-0.2, 0) is 15.8 Å². The minimum atomic E-state index is -3.54. The van der Waals surface area contributed by atoms with E-state index in [4.69, 9.17) is 0 Å². The largest absolute Gasteiger partial charge is 0.322 e. The van der Waals surface area contributed by atoms with Gasteiger partial charge < -0.3 is 5.32 Å². The molecule has 1 saturated heterocycles. The van der Waals surface area contributed by atoms with Crippen molar-refractivity contribution in [2.75, 3.05) is 18.4 Å². The van der Waals surface area contributed by atoms with Crippen molar-refractivity contribution < 1.29 is 13.2 Å². The van der Waals surface area contributed by atoms with Gasteiger partial charge in [0.05, 0.1) is 16.1 Å². The van der Waals surface area contributed by atoms with Gasteiger partial charge in [0.15, 0.2) is 0 Å². The zero-order valence-corrected chi connectivity index (χ0v) is 19.3. The highest BCUT2D eigenvalue weighted by Crippen LogP contribution is 2.25. The molecule has 6 nitrogen and oxygen atoms in total. The molecule has 1 aliphatic heterocycles. The lowest BCUT2D eigenvalue weighted by atomic mass is 10.2. The molecule has 0 atom stereocenters. The second kappa shape index (κ2) is 9.95. The van der Waals surface area contributed by atoms with Crippen molar-refractivity contribution in [3.8, 4) is 0 Å². The lowest BCUT2D eigenvalue weighted by Gasteiger charge is -2.26. The quantitative estimate of drug-likeness (QED) is 0.496. The molecule has 1 amide bonds. The molecule has 0 saturated carbocycles. The summed E-state index contributed by atoms with van der Waals surface area (Å²) in [6.45, 7) is 1.09. The zero-order chi connectivity index (χ0) is 21.7. The molecule has 3 aromatic rings. The van der Waals surface area contributed by atoms with Gasteiger partial charge in [-0.1, -0.05) is 12.5 Å². The maximum atomic E-state index is 12.9. The van der Waals surface area contributed by atoms with Crippen molar-refractivity contribution >= 4 is 44.7 Å². The van der Waals surface area contributed by atoms with Crippen LogP contribution in [-0.4, -0.2) is 36.7 Å². The van der Waals surface area contributed by atoms with E-state index in [1.165, 1.54) is 10.4 Å². The molecular weight excluding hydrogens is 450 g/mol. The van der Waals surface area contributed by atoms with Crippen LogP contribution in [0, 0.1) is 0 Å². The van der Waals surface area contributed by atoms with E-state index in [0.29, 0.717) is 24.3 Å². The summed E-state index contributed by atoms with van der Waals surface area (Å²) in [4.78, 5) is 18.2. The molecule has 1 fully saturated rings. The number of thiazole rings is 1. The van der Waals surface area contributed by atoms with Crippen LogP contribution in [0.4, 0.5) is 5.69 Å². The number of anilines is 1. The number of nitrogens with zero attached hydrogens (tertiary/aromatic N) is 2. The van der Waals surface area contributed by atoms with Crippen molar-refractivity contribution in [2.45, 2.75) is 34.8 Å². The Morgan fingerprint density at radius 3 is 2.58 bits per heavy atom. The smallest absolute Gasteiger partial charge is 0.255 e. The Bertz CT molecular complexity index is 1120. The van der Waals surface area contributed by atoms with Crippen LogP contribution < -0.4 is 5.32 Å². The average Bonchev–Trinajstić information content (AvgIpc) is 3.32. The number of piperidine rings is 1. The van der Waals surface area contributed by atoms with E-state index >= 15 is 0 Å². The van der Waals surface area contributed by atoms with Gasteiger partial charge in [0.2, 0.25) is 10.0 Å². The van der Waals surface area contributed by atoms with Gasteiger partial charge in [0, 0.05) is 40.4 Å². The summed E-state index contributed by atoms with van der Waals surface area (Å²) in [6, 6.07) is 13.8. The van der Waals surface area contributed by atoms with E-state index in [9.17, 15) is 13.2 Å². The number of carbonyl (C=O) groups is 1. The Kier molecular flexibility index (Phi) is 7.06. The molecule has 2 aromatic carbocycles. The van der Waals surface area contributed by atoms with Crippen LogP contribution in [0.5, 0.6) is 0 Å². The van der Waals surface area contributed by atoms with E-state index in [0.717, 1.165) is 35.6 Å². The van der Waals surface area contributed by atoms with E-state index in [-0.39, 0.29) is 10.8 Å². The van der Waals surface area contributed by atoms with Gasteiger partial charge in [-0.25, -0.2) is 13.4 Å². The maximum absolute atomic E-state index is 12.9. The first-order valence-corrected chi connectivity index (χ1v) is 13.4. The predicted molar refractivity (Wildman–Crippen MR) is 125 cm³/mol. The summed E-state index contributed by atoms with van der Waals surface area (Å²) in [6.07, 6.45) is 2.83. The molecule has 0 bridgehead atoms. The van der Waals surface area contributed by atoms with Crippen molar-refractivity contribution in [1.82, 2.24) is 9.29 Å². The Morgan fingerprint density at radius 1 is 1.10 bits per heavy atom. The third-order valence-electron chi connectivity index (χ3n) is 5.03. The molecule has 0 spiro atoms. The van der Waals surface area contributed by atoms with Gasteiger partial charge in [0.1, 0.15) is 0 Å². The number of nitrogens with one attached hydrogen (secondary N) is 1. The van der Waals surface area contributed by atoms with Gasteiger partial charge in [-0.15, -0.1) is 23.1 Å². The van der Waals surface area contributed by atoms with Crippen LogP contribution in [0.15, 0.2) is 69.2 Å². The highest BCUT2D eigenvalue weighted by Gasteiger charge is 2.26. The molecule has 0 unspecified atom stereocenters. The van der Waals surface area contributed by atoms with Gasteiger partial charge in [-0.2, -0.15) is 4.31 Å². The molecule has 1 aromatic heterocycles. The fourth-order valence-corrected chi connectivity index (χ4v) is 6.39. The SMILES string of the molecule is O=C(Nc1cccc(S(=O)(=O)N2CCCCC2)c1)c1ccc(SCc2cscn2)cc1. The van der Waals surface area contributed by atoms with Crippen LogP contribution in [0.1, 0.15) is 35.3 Å². The number of thioether (sulfide) groups is 1. The van der Waals surface area contributed by atoms with Crippen LogP contribution in [0.2, 0.25) is 0 Å². The standard InChI is InChI=1S/C22H23N3O3S3/c26-22(17-7-9-20(10-8-17)30-15-19-14-29-16-23-19)24-18-5-4-6-21(13-18)31(27,28)25-11-2-1-3-12-25/h4-10,13-14,16H,1-3,11-12,15H2,(H,24,26). The third-order valence-corrected chi connectivity index (χ3v) is 8.61. The molecular formula is C22H23N3O3S3. The molecule has 4 rings (SSSR count). The van der Waals surface area contributed by atoms with E-state index in [1.807, 2.05) is 23.0 Å². The van der Waals surface area contributed by atoms with Crippen LogP contribution in [0.3, 0.4) is 0 Å². The zero-order valence-electron chi connectivity index (χ0n) is 16.9. The van der Waals surface area contributed by atoms with Crippen LogP contribution >= 0.6 is 23.1 Å². The Morgan fingerprint density at radius 2 is 1.87 bits per heavy atom. The lowest BCUT2D eigenvalue weighted by Crippen LogP contribution is -2.35. The maximum Gasteiger partial charge on any atom is 0.255 e. The minimum absolute atomic E-state index is 0.209. The highest BCUT2D eigenvalue weighted by atomic mass is 32.2. The van der Waals surface area contributed by atoms with Gasteiger partial charge in [-0.3, -0.25) is 4.79 Å². The van der Waals surface area contributed by atoms with Crippen molar-refractivity contribution in [1.29, 1.82) is 0 Å². The third kappa shape index (κ3) is 5.54. The van der Waals surface area contributed by atoms with E-state index in [2.05, 4.69) is 10.3 Å². The topological polar surface area (TPSA) is 79.4 Å². The van der Waals surface area contributed by atoms with E-state index < -0.39 is 10.0 Å². The summed E-state index contributed by atoms with van der Waals surface area (Å²) in [5.74, 6) is 0.511. The Labute approximate surface area is 190 Å². The summed E-state index contributed by atoms with van der Waals surface area (Å²) in [5, 5.41) is 4.83. The number of hydrogen-bond donors (Lipinski definition) is 1. The first-order chi connectivity index (χ1) is 15.0. The van der Waals surface area contributed by atoms with E-state index in [1.54, 1.807) is 53.4 Å². The number of carbonyl (C=O) groups excluding carboxylic acids is 1. The minimum Gasteiger partial charge on any atom is -0.322 e. The average molecular weight is 474 g/mol. The monoisotopic (exact) mass is 473 g/mol. The Balaban J connectivity index is 1.41. The van der Waals surface area contributed by atoms with Crippen molar-refractivity contribution in [3.05, 3.63) is 70.7 Å². The second-order valence-electron chi connectivity index (χ2n) is 7.24. The molecule has 1 N–H and O–H groups in total. The molecule has 9 heteroatoms. The highest BCUT2D eigenvalue weighted by molar-refractivity contribution is 7.98. The molecule has 1 aliphatic rings. The normalized spacial score (nSPS) is 15.0. The molecule has 2 heterocycles. The van der Waals surface area contributed by atoms with Crippen molar-refractivity contribution in [2.24, 2.45) is 0 Å². The lowest BCUT2D eigenvalue weighted by molar-refractivity contribution is 0.102. The number of sulfonamides is 1. The fraction of sp³-hybridized carbons (Fsp3) is 0.273. The molecule has 162 valence electrons. The van der Waals surface area contributed by atoms with Gasteiger partial charge >= 0.3 is 0 Å². The Hall–Kier alpha value is -2.20. The summed E-state index contributed by atoms with van der Waals surface area (Å²) >= 11 is 3.24. The fourth-order valence-electron chi connectivity index (χ4n) is 3.36. The first kappa shape index (κ1) is 22.0. The summed E-state index contributed by atoms with van der Waals surface area (Å²) in [7, 11) is -3.54. The molecule has 0 aliphatic carbocycles.